The Labute approximate surface area is 114 Å². The van der Waals surface area contributed by atoms with Crippen molar-refractivity contribution < 1.29 is 8.78 Å². The van der Waals surface area contributed by atoms with E-state index in [4.69, 9.17) is 0 Å². The van der Waals surface area contributed by atoms with Gasteiger partial charge in [-0.2, -0.15) is 0 Å². The number of nitrogens with one attached hydrogen (secondary N) is 1. The number of aromatic nitrogens is 2. The van der Waals surface area contributed by atoms with E-state index in [0.717, 1.165) is 36.2 Å². The molecule has 0 atom stereocenters. The van der Waals surface area contributed by atoms with Gasteiger partial charge in [-0.15, -0.1) is 10.2 Å². The Morgan fingerprint density at radius 2 is 2.05 bits per heavy atom. The van der Waals surface area contributed by atoms with Crippen molar-refractivity contribution in [3.05, 3.63) is 34.8 Å². The van der Waals surface area contributed by atoms with E-state index >= 15 is 0 Å². The van der Waals surface area contributed by atoms with E-state index in [0.29, 0.717) is 11.0 Å². The van der Waals surface area contributed by atoms with Crippen molar-refractivity contribution in [2.24, 2.45) is 0 Å². The molecule has 0 spiro atoms. The van der Waals surface area contributed by atoms with Gasteiger partial charge in [-0.3, -0.25) is 0 Å². The zero-order valence-corrected chi connectivity index (χ0v) is 11.6. The molecule has 0 radical (unpaired) electrons. The standard InChI is InChI=1S/C13H15F2N3S/c1-8(2)16-6-5-12-17-18-13(19-12)10-7-9(14)3-4-11(10)15/h3-4,7-8,16H,5-6H2,1-2H3. The first kappa shape index (κ1) is 14.0. The van der Waals surface area contributed by atoms with Crippen LogP contribution in [0.3, 0.4) is 0 Å². The predicted octanol–water partition coefficient (Wildman–Crippen LogP) is 3.02. The highest BCUT2D eigenvalue weighted by Gasteiger charge is 2.12. The van der Waals surface area contributed by atoms with E-state index in [-0.39, 0.29) is 5.56 Å². The summed E-state index contributed by atoms with van der Waals surface area (Å²) in [5, 5.41) is 12.4. The predicted molar refractivity (Wildman–Crippen MR) is 72.1 cm³/mol. The lowest BCUT2D eigenvalue weighted by Crippen LogP contribution is -2.24. The van der Waals surface area contributed by atoms with E-state index in [1.165, 1.54) is 11.3 Å². The Hall–Kier alpha value is -1.40. The average Bonchev–Trinajstić information content (AvgIpc) is 2.80. The summed E-state index contributed by atoms with van der Waals surface area (Å²) < 4.78 is 26.7. The molecule has 1 aromatic carbocycles. The van der Waals surface area contributed by atoms with Crippen LogP contribution in [0.15, 0.2) is 18.2 Å². The van der Waals surface area contributed by atoms with Crippen molar-refractivity contribution in [2.45, 2.75) is 26.3 Å². The molecule has 0 aliphatic rings. The fourth-order valence-electron chi connectivity index (χ4n) is 1.59. The fourth-order valence-corrected chi connectivity index (χ4v) is 2.45. The minimum Gasteiger partial charge on any atom is -0.314 e. The van der Waals surface area contributed by atoms with Gasteiger partial charge in [0.1, 0.15) is 16.6 Å². The third kappa shape index (κ3) is 3.78. The highest BCUT2D eigenvalue weighted by Crippen LogP contribution is 2.26. The SMILES string of the molecule is CC(C)NCCc1nnc(-c2cc(F)ccc2F)s1. The van der Waals surface area contributed by atoms with Crippen molar-refractivity contribution in [1.29, 1.82) is 0 Å². The maximum atomic E-state index is 13.6. The normalized spacial score (nSPS) is 11.2. The summed E-state index contributed by atoms with van der Waals surface area (Å²) >= 11 is 1.29. The first-order chi connectivity index (χ1) is 9.06. The molecule has 1 aromatic heterocycles. The molecule has 2 aromatic rings. The van der Waals surface area contributed by atoms with Gasteiger partial charge in [0.2, 0.25) is 0 Å². The molecule has 0 amide bonds. The van der Waals surface area contributed by atoms with Crippen LogP contribution in [0.1, 0.15) is 18.9 Å². The van der Waals surface area contributed by atoms with Crippen molar-refractivity contribution in [1.82, 2.24) is 15.5 Å². The smallest absolute Gasteiger partial charge is 0.150 e. The Morgan fingerprint density at radius 3 is 2.79 bits per heavy atom. The summed E-state index contributed by atoms with van der Waals surface area (Å²) in [5.74, 6) is -0.959. The maximum Gasteiger partial charge on any atom is 0.150 e. The molecule has 1 heterocycles. The van der Waals surface area contributed by atoms with Gasteiger partial charge < -0.3 is 5.32 Å². The Bertz CT molecular complexity index is 555. The third-order valence-electron chi connectivity index (χ3n) is 2.52. The van der Waals surface area contributed by atoms with Crippen LogP contribution in [0, 0.1) is 11.6 Å². The van der Waals surface area contributed by atoms with Gasteiger partial charge in [0, 0.05) is 19.0 Å². The van der Waals surface area contributed by atoms with Crippen LogP contribution in [0.4, 0.5) is 8.78 Å². The van der Waals surface area contributed by atoms with E-state index in [9.17, 15) is 8.78 Å². The lowest BCUT2D eigenvalue weighted by molar-refractivity contribution is 0.588. The summed E-state index contributed by atoms with van der Waals surface area (Å²) in [5.41, 5.74) is 0.167. The lowest BCUT2D eigenvalue weighted by atomic mass is 10.2. The first-order valence-electron chi connectivity index (χ1n) is 6.07. The summed E-state index contributed by atoms with van der Waals surface area (Å²) in [6.07, 6.45) is 0.729. The molecular weight excluding hydrogens is 268 g/mol. The highest BCUT2D eigenvalue weighted by molar-refractivity contribution is 7.14. The second-order valence-corrected chi connectivity index (χ2v) is 5.55. The second kappa shape index (κ2) is 6.16. The molecule has 1 N–H and O–H groups in total. The van der Waals surface area contributed by atoms with Crippen LogP contribution >= 0.6 is 11.3 Å². The fraction of sp³-hybridized carbons (Fsp3) is 0.385. The van der Waals surface area contributed by atoms with Gasteiger partial charge >= 0.3 is 0 Å². The molecule has 19 heavy (non-hydrogen) atoms. The zero-order chi connectivity index (χ0) is 13.8. The van der Waals surface area contributed by atoms with Crippen LogP contribution in [0.25, 0.3) is 10.6 Å². The van der Waals surface area contributed by atoms with Crippen molar-refractivity contribution >= 4 is 11.3 Å². The topological polar surface area (TPSA) is 37.8 Å². The first-order valence-corrected chi connectivity index (χ1v) is 6.89. The molecule has 0 aliphatic carbocycles. The van der Waals surface area contributed by atoms with E-state index < -0.39 is 11.6 Å². The number of nitrogens with zero attached hydrogens (tertiary/aromatic N) is 2. The Morgan fingerprint density at radius 1 is 1.26 bits per heavy atom. The quantitative estimate of drug-likeness (QED) is 0.916. The molecule has 6 heteroatoms. The molecule has 0 aliphatic heterocycles. The summed E-state index contributed by atoms with van der Waals surface area (Å²) in [6.45, 7) is 4.92. The van der Waals surface area contributed by atoms with Gasteiger partial charge in [0.05, 0.1) is 5.56 Å². The third-order valence-corrected chi connectivity index (χ3v) is 3.53. The molecule has 0 saturated heterocycles. The van der Waals surface area contributed by atoms with Crippen LogP contribution in [-0.4, -0.2) is 22.8 Å². The minimum absolute atomic E-state index is 0.167. The average molecular weight is 283 g/mol. The second-order valence-electron chi connectivity index (χ2n) is 4.48. The number of hydrogen-bond donors (Lipinski definition) is 1. The van der Waals surface area contributed by atoms with Crippen molar-refractivity contribution in [3.8, 4) is 10.6 Å². The number of halogens is 2. The van der Waals surface area contributed by atoms with Gasteiger partial charge in [-0.05, 0) is 18.2 Å². The largest absolute Gasteiger partial charge is 0.314 e. The van der Waals surface area contributed by atoms with Gasteiger partial charge in [-0.25, -0.2) is 8.78 Å². The highest BCUT2D eigenvalue weighted by atomic mass is 32.1. The van der Waals surface area contributed by atoms with Gasteiger partial charge in [0.25, 0.3) is 0 Å². The number of benzene rings is 1. The van der Waals surface area contributed by atoms with Crippen molar-refractivity contribution in [2.75, 3.05) is 6.54 Å². The Kier molecular flexibility index (Phi) is 4.55. The molecule has 2 rings (SSSR count). The summed E-state index contributed by atoms with van der Waals surface area (Å²) in [4.78, 5) is 0. The lowest BCUT2D eigenvalue weighted by Gasteiger charge is -2.05. The van der Waals surface area contributed by atoms with Crippen LogP contribution in [0.2, 0.25) is 0 Å². The van der Waals surface area contributed by atoms with Gasteiger partial charge in [-0.1, -0.05) is 25.2 Å². The van der Waals surface area contributed by atoms with E-state index in [2.05, 4.69) is 29.4 Å². The monoisotopic (exact) mass is 283 g/mol. The van der Waals surface area contributed by atoms with Crippen molar-refractivity contribution in [3.63, 3.8) is 0 Å². The minimum atomic E-state index is -0.482. The zero-order valence-electron chi connectivity index (χ0n) is 10.8. The van der Waals surface area contributed by atoms with Crippen LogP contribution in [-0.2, 0) is 6.42 Å². The van der Waals surface area contributed by atoms with E-state index in [1.807, 2.05) is 0 Å². The molecule has 0 fully saturated rings. The molecule has 0 saturated carbocycles. The van der Waals surface area contributed by atoms with Gasteiger partial charge in [0.15, 0.2) is 5.01 Å². The van der Waals surface area contributed by atoms with E-state index in [1.54, 1.807) is 0 Å². The molecule has 102 valence electrons. The summed E-state index contributed by atoms with van der Waals surface area (Å²) in [6, 6.07) is 3.75. The summed E-state index contributed by atoms with van der Waals surface area (Å²) in [7, 11) is 0. The Balaban J connectivity index is 2.10. The molecule has 0 unspecified atom stereocenters. The molecular formula is C13H15F2N3S. The molecule has 0 bridgehead atoms. The number of rotatable bonds is 5. The van der Waals surface area contributed by atoms with Crippen LogP contribution < -0.4 is 5.32 Å². The van der Waals surface area contributed by atoms with Crippen LogP contribution in [0.5, 0.6) is 0 Å². The molecule has 3 nitrogen and oxygen atoms in total. The number of hydrogen-bond acceptors (Lipinski definition) is 4. The maximum absolute atomic E-state index is 13.6.